The van der Waals surface area contributed by atoms with Crippen LogP contribution in [0.2, 0.25) is 0 Å². The molecule has 6 heteroatoms. The number of benzene rings is 1. The van der Waals surface area contributed by atoms with Gasteiger partial charge >= 0.3 is 6.03 Å². The molecule has 1 heterocycles. The van der Waals surface area contributed by atoms with Crippen molar-refractivity contribution in [1.82, 2.24) is 10.2 Å². The number of likely N-dealkylation sites (tertiary alicyclic amines) is 1. The minimum Gasteiger partial charge on any atom is -0.353 e. The molecule has 0 atom stereocenters. The van der Waals surface area contributed by atoms with E-state index in [1.54, 1.807) is 17.0 Å². The Morgan fingerprint density at radius 3 is 2.39 bits per heavy atom. The first-order valence-electron chi connectivity index (χ1n) is 10.7. The van der Waals surface area contributed by atoms with Crippen LogP contribution in [0.5, 0.6) is 0 Å². The summed E-state index contributed by atoms with van der Waals surface area (Å²) in [6.45, 7) is 1.20. The van der Waals surface area contributed by atoms with Crippen molar-refractivity contribution >= 4 is 17.6 Å². The van der Waals surface area contributed by atoms with E-state index < -0.39 is 0 Å². The molecule has 2 saturated carbocycles. The Labute approximate surface area is 166 Å². The van der Waals surface area contributed by atoms with Crippen molar-refractivity contribution in [3.8, 4) is 0 Å². The van der Waals surface area contributed by atoms with Gasteiger partial charge in [-0.05, 0) is 68.1 Å². The van der Waals surface area contributed by atoms with Crippen LogP contribution < -0.4 is 10.6 Å². The summed E-state index contributed by atoms with van der Waals surface area (Å²) in [4.78, 5) is 26.4. The smallest absolute Gasteiger partial charge is 0.321 e. The molecule has 0 bridgehead atoms. The van der Waals surface area contributed by atoms with Gasteiger partial charge in [0, 0.05) is 31.2 Å². The van der Waals surface area contributed by atoms with Crippen LogP contribution in [0.1, 0.15) is 69.3 Å². The van der Waals surface area contributed by atoms with E-state index in [1.165, 1.54) is 31.7 Å². The number of nitrogens with one attached hydrogen (secondary N) is 2. The van der Waals surface area contributed by atoms with Crippen LogP contribution in [-0.2, 0) is 4.79 Å². The minimum absolute atomic E-state index is 0.147. The number of urea groups is 1. The number of hydrogen-bond acceptors (Lipinski definition) is 2. The standard InChI is InChI=1S/C22H30FN3O2/c23-20-14-18(7-8-19(20)16-5-6-16)25-22(28)26-11-9-17(10-12-26)24-21(27)13-15-3-1-2-4-15/h7-8,14-17H,1-6,9-13H2,(H,24,27)(H,25,28). The van der Waals surface area contributed by atoms with Crippen molar-refractivity contribution < 1.29 is 14.0 Å². The second-order valence-electron chi connectivity index (χ2n) is 8.62. The van der Waals surface area contributed by atoms with Crippen molar-refractivity contribution in [1.29, 1.82) is 0 Å². The molecule has 3 fully saturated rings. The van der Waals surface area contributed by atoms with Crippen LogP contribution in [0.3, 0.4) is 0 Å². The number of hydrogen-bond donors (Lipinski definition) is 2. The SMILES string of the molecule is O=C(CC1CCCC1)NC1CCN(C(=O)Nc2ccc(C3CC3)c(F)c2)CC1. The second kappa shape index (κ2) is 8.50. The van der Waals surface area contributed by atoms with Crippen LogP contribution in [0, 0.1) is 11.7 Å². The van der Waals surface area contributed by atoms with Gasteiger partial charge in [0.25, 0.3) is 0 Å². The van der Waals surface area contributed by atoms with E-state index in [1.807, 2.05) is 0 Å². The van der Waals surface area contributed by atoms with E-state index in [9.17, 15) is 14.0 Å². The molecule has 152 valence electrons. The predicted octanol–water partition coefficient (Wildman–Crippen LogP) is 4.40. The first-order chi connectivity index (χ1) is 13.6. The van der Waals surface area contributed by atoms with Gasteiger partial charge in [-0.25, -0.2) is 9.18 Å². The largest absolute Gasteiger partial charge is 0.353 e. The third-order valence-corrected chi connectivity index (χ3v) is 6.36. The van der Waals surface area contributed by atoms with Gasteiger partial charge in [0.2, 0.25) is 5.91 Å². The lowest BCUT2D eigenvalue weighted by Crippen LogP contribution is -2.47. The van der Waals surface area contributed by atoms with Crippen molar-refractivity contribution in [2.75, 3.05) is 18.4 Å². The molecular formula is C22H30FN3O2. The molecule has 2 N–H and O–H groups in total. The molecule has 3 amide bonds. The number of nitrogens with zero attached hydrogens (tertiary/aromatic N) is 1. The first kappa shape index (κ1) is 19.2. The average Bonchev–Trinajstić information content (AvgIpc) is 3.39. The fourth-order valence-corrected chi connectivity index (χ4v) is 4.52. The Kier molecular flexibility index (Phi) is 5.83. The van der Waals surface area contributed by atoms with E-state index in [0.717, 1.165) is 31.2 Å². The summed E-state index contributed by atoms with van der Waals surface area (Å²) in [6, 6.07) is 4.93. The first-order valence-corrected chi connectivity index (χ1v) is 10.7. The van der Waals surface area contributed by atoms with Crippen molar-refractivity contribution in [3.05, 3.63) is 29.6 Å². The van der Waals surface area contributed by atoms with Crippen LogP contribution in [0.25, 0.3) is 0 Å². The van der Waals surface area contributed by atoms with Crippen LogP contribution >= 0.6 is 0 Å². The predicted molar refractivity (Wildman–Crippen MR) is 107 cm³/mol. The van der Waals surface area contributed by atoms with Crippen molar-refractivity contribution in [3.63, 3.8) is 0 Å². The molecule has 0 unspecified atom stereocenters. The van der Waals surface area contributed by atoms with Crippen molar-refractivity contribution in [2.45, 2.75) is 69.7 Å². The van der Waals surface area contributed by atoms with Crippen molar-refractivity contribution in [2.24, 2.45) is 5.92 Å². The molecule has 2 aliphatic carbocycles. The highest BCUT2D eigenvalue weighted by molar-refractivity contribution is 5.89. The molecule has 5 nitrogen and oxygen atoms in total. The lowest BCUT2D eigenvalue weighted by molar-refractivity contribution is -0.122. The summed E-state index contributed by atoms with van der Waals surface area (Å²) in [6.07, 6.45) is 9.12. The van der Waals surface area contributed by atoms with Crippen LogP contribution in [0.4, 0.5) is 14.9 Å². The molecule has 3 aliphatic rings. The molecule has 1 aromatic carbocycles. The Morgan fingerprint density at radius 2 is 1.75 bits per heavy atom. The summed E-state index contributed by atoms with van der Waals surface area (Å²) >= 11 is 0. The molecule has 28 heavy (non-hydrogen) atoms. The van der Waals surface area contributed by atoms with Gasteiger partial charge in [0.05, 0.1) is 0 Å². The lowest BCUT2D eigenvalue weighted by atomic mass is 10.0. The van der Waals surface area contributed by atoms with Gasteiger partial charge in [-0.15, -0.1) is 0 Å². The molecule has 4 rings (SSSR count). The fraction of sp³-hybridized carbons (Fsp3) is 0.636. The average molecular weight is 387 g/mol. The maximum absolute atomic E-state index is 14.1. The van der Waals surface area contributed by atoms with Gasteiger partial charge in [-0.2, -0.15) is 0 Å². The molecule has 0 radical (unpaired) electrons. The Hall–Kier alpha value is -2.11. The highest BCUT2D eigenvalue weighted by Gasteiger charge is 2.28. The van der Waals surface area contributed by atoms with Gasteiger partial charge in [0.1, 0.15) is 5.82 Å². The summed E-state index contributed by atoms with van der Waals surface area (Å²) in [7, 11) is 0. The molecule has 1 aliphatic heterocycles. The third kappa shape index (κ3) is 4.83. The van der Waals surface area contributed by atoms with E-state index in [2.05, 4.69) is 10.6 Å². The molecule has 1 saturated heterocycles. The highest BCUT2D eigenvalue weighted by atomic mass is 19.1. The monoisotopic (exact) mass is 387 g/mol. The number of piperidine rings is 1. The molecule has 1 aromatic rings. The molecular weight excluding hydrogens is 357 g/mol. The highest BCUT2D eigenvalue weighted by Crippen LogP contribution is 2.41. The number of halogens is 1. The van der Waals surface area contributed by atoms with E-state index in [-0.39, 0.29) is 23.8 Å². The van der Waals surface area contributed by atoms with Gasteiger partial charge in [-0.1, -0.05) is 18.9 Å². The minimum atomic E-state index is -0.232. The summed E-state index contributed by atoms with van der Waals surface area (Å²) in [5.41, 5.74) is 1.26. The van der Waals surface area contributed by atoms with Crippen LogP contribution in [-0.4, -0.2) is 36.0 Å². The van der Waals surface area contributed by atoms with Gasteiger partial charge in [-0.3, -0.25) is 4.79 Å². The van der Waals surface area contributed by atoms with E-state index in [4.69, 9.17) is 0 Å². The zero-order valence-corrected chi connectivity index (χ0v) is 16.4. The third-order valence-electron chi connectivity index (χ3n) is 6.36. The van der Waals surface area contributed by atoms with Crippen LogP contribution in [0.15, 0.2) is 18.2 Å². The number of amides is 3. The summed E-state index contributed by atoms with van der Waals surface area (Å²) < 4.78 is 14.1. The molecule has 0 aromatic heterocycles. The van der Waals surface area contributed by atoms with Gasteiger partial charge < -0.3 is 15.5 Å². The quantitative estimate of drug-likeness (QED) is 0.787. The van der Waals surface area contributed by atoms with E-state index in [0.29, 0.717) is 37.0 Å². The Morgan fingerprint density at radius 1 is 1.04 bits per heavy atom. The topological polar surface area (TPSA) is 61.4 Å². The lowest BCUT2D eigenvalue weighted by Gasteiger charge is -2.32. The number of carbonyl (C=O) groups excluding carboxylic acids is 2. The zero-order valence-electron chi connectivity index (χ0n) is 16.4. The normalized spacial score (nSPS) is 21.0. The maximum atomic E-state index is 14.1. The van der Waals surface area contributed by atoms with E-state index >= 15 is 0 Å². The second-order valence-corrected chi connectivity index (χ2v) is 8.62. The number of anilines is 1. The molecule has 0 spiro atoms. The Balaban J connectivity index is 1.21. The summed E-state index contributed by atoms with van der Waals surface area (Å²) in [5, 5.41) is 5.94. The van der Waals surface area contributed by atoms with Gasteiger partial charge in [0.15, 0.2) is 0 Å². The maximum Gasteiger partial charge on any atom is 0.321 e. The number of rotatable bonds is 5. The number of carbonyl (C=O) groups is 2. The summed E-state index contributed by atoms with van der Waals surface area (Å²) in [5.74, 6) is 0.829. The Bertz CT molecular complexity index is 720. The fourth-order valence-electron chi connectivity index (χ4n) is 4.52. The zero-order chi connectivity index (χ0) is 19.5.